The van der Waals surface area contributed by atoms with Crippen LogP contribution in [0, 0.1) is 0 Å². The third-order valence-corrected chi connectivity index (χ3v) is 2.94. The predicted octanol–water partition coefficient (Wildman–Crippen LogP) is 1.73. The normalized spacial score (nSPS) is 10.5. The SMILES string of the molecule is Nc1cnn(Cc2ncc(Br)s2)c1. The first-order valence-corrected chi connectivity index (χ1v) is 5.23. The summed E-state index contributed by atoms with van der Waals surface area (Å²) in [5.41, 5.74) is 6.20. The van der Waals surface area contributed by atoms with E-state index >= 15 is 0 Å². The fraction of sp³-hybridized carbons (Fsp3) is 0.143. The van der Waals surface area contributed by atoms with E-state index in [2.05, 4.69) is 26.0 Å². The number of nitrogens with zero attached hydrogens (tertiary/aromatic N) is 3. The molecule has 0 radical (unpaired) electrons. The Kier molecular flexibility index (Phi) is 2.32. The summed E-state index contributed by atoms with van der Waals surface area (Å²) in [6.45, 7) is 0.674. The molecule has 0 amide bonds. The molecule has 0 saturated carbocycles. The summed E-state index contributed by atoms with van der Waals surface area (Å²) < 4.78 is 2.79. The molecule has 2 heterocycles. The fourth-order valence-electron chi connectivity index (χ4n) is 0.966. The van der Waals surface area contributed by atoms with E-state index in [1.807, 2.05) is 0 Å². The van der Waals surface area contributed by atoms with Crippen molar-refractivity contribution in [1.29, 1.82) is 0 Å². The van der Waals surface area contributed by atoms with Gasteiger partial charge in [0.25, 0.3) is 0 Å². The summed E-state index contributed by atoms with van der Waals surface area (Å²) in [6.07, 6.45) is 5.20. The highest BCUT2D eigenvalue weighted by Gasteiger charge is 2.01. The Hall–Kier alpha value is -0.880. The van der Waals surface area contributed by atoms with Crippen LogP contribution in [0.4, 0.5) is 5.69 Å². The zero-order chi connectivity index (χ0) is 9.26. The van der Waals surface area contributed by atoms with Crippen LogP contribution in [-0.2, 0) is 6.54 Å². The lowest BCUT2D eigenvalue weighted by Gasteiger charge is -1.94. The van der Waals surface area contributed by atoms with Gasteiger partial charge in [-0.2, -0.15) is 5.10 Å². The molecular formula is C7H7BrN4S. The minimum Gasteiger partial charge on any atom is -0.396 e. The van der Waals surface area contributed by atoms with E-state index in [9.17, 15) is 0 Å². The van der Waals surface area contributed by atoms with Crippen molar-refractivity contribution in [2.45, 2.75) is 6.54 Å². The Labute approximate surface area is 87.5 Å². The molecule has 2 aromatic rings. The highest BCUT2D eigenvalue weighted by Crippen LogP contribution is 2.19. The van der Waals surface area contributed by atoms with Gasteiger partial charge in [0.1, 0.15) is 5.01 Å². The maximum atomic E-state index is 5.53. The molecule has 0 saturated heterocycles. The number of aromatic nitrogens is 3. The third-order valence-electron chi connectivity index (χ3n) is 1.48. The van der Waals surface area contributed by atoms with Crippen LogP contribution in [-0.4, -0.2) is 14.8 Å². The first kappa shape index (κ1) is 8.71. The van der Waals surface area contributed by atoms with Gasteiger partial charge >= 0.3 is 0 Å². The van der Waals surface area contributed by atoms with Crippen LogP contribution in [0.25, 0.3) is 0 Å². The van der Waals surface area contributed by atoms with Gasteiger partial charge in [0.15, 0.2) is 0 Å². The van der Waals surface area contributed by atoms with Crippen molar-refractivity contribution < 1.29 is 0 Å². The van der Waals surface area contributed by atoms with Crippen LogP contribution in [0.15, 0.2) is 22.4 Å². The van der Waals surface area contributed by atoms with Crippen molar-refractivity contribution in [3.63, 3.8) is 0 Å². The molecule has 0 bridgehead atoms. The second-order valence-electron chi connectivity index (χ2n) is 2.53. The number of thiazole rings is 1. The van der Waals surface area contributed by atoms with E-state index in [0.29, 0.717) is 12.2 Å². The van der Waals surface area contributed by atoms with Crippen molar-refractivity contribution in [3.05, 3.63) is 27.4 Å². The van der Waals surface area contributed by atoms with Crippen LogP contribution in [0.2, 0.25) is 0 Å². The summed E-state index contributed by atoms with van der Waals surface area (Å²) in [6, 6.07) is 0. The van der Waals surface area contributed by atoms with Gasteiger partial charge in [-0.15, -0.1) is 11.3 Å². The maximum absolute atomic E-state index is 5.53. The van der Waals surface area contributed by atoms with Gasteiger partial charge < -0.3 is 5.73 Å². The average Bonchev–Trinajstić information content (AvgIpc) is 2.62. The van der Waals surface area contributed by atoms with Crippen LogP contribution >= 0.6 is 27.3 Å². The number of anilines is 1. The van der Waals surface area contributed by atoms with Gasteiger partial charge in [0, 0.05) is 6.20 Å². The summed E-state index contributed by atoms with van der Waals surface area (Å²) in [5, 5.41) is 5.07. The molecule has 0 unspecified atom stereocenters. The van der Waals surface area contributed by atoms with Crippen LogP contribution in [0.1, 0.15) is 5.01 Å². The minimum absolute atomic E-state index is 0.674. The molecule has 2 aromatic heterocycles. The Balaban J connectivity index is 2.14. The Morgan fingerprint density at radius 2 is 2.38 bits per heavy atom. The van der Waals surface area contributed by atoms with Crippen LogP contribution in [0.3, 0.4) is 0 Å². The molecule has 6 heteroatoms. The highest BCUT2D eigenvalue weighted by molar-refractivity contribution is 9.11. The molecule has 68 valence electrons. The van der Waals surface area contributed by atoms with Gasteiger partial charge in [0.05, 0.1) is 28.4 Å². The molecule has 0 aromatic carbocycles. The summed E-state index contributed by atoms with van der Waals surface area (Å²) in [7, 11) is 0. The number of rotatable bonds is 2. The second-order valence-corrected chi connectivity index (χ2v) is 5.02. The van der Waals surface area contributed by atoms with Crippen molar-refractivity contribution in [3.8, 4) is 0 Å². The number of hydrogen-bond donors (Lipinski definition) is 1. The molecule has 0 aliphatic carbocycles. The van der Waals surface area contributed by atoms with E-state index in [4.69, 9.17) is 5.73 Å². The largest absolute Gasteiger partial charge is 0.396 e. The molecule has 0 aliphatic heterocycles. The monoisotopic (exact) mass is 258 g/mol. The van der Waals surface area contributed by atoms with E-state index in [1.165, 1.54) is 0 Å². The molecule has 2 N–H and O–H groups in total. The molecule has 4 nitrogen and oxygen atoms in total. The van der Waals surface area contributed by atoms with Gasteiger partial charge in [-0.1, -0.05) is 0 Å². The van der Waals surface area contributed by atoms with Crippen LogP contribution < -0.4 is 5.73 Å². The summed E-state index contributed by atoms with van der Waals surface area (Å²) in [5.74, 6) is 0. The molecule has 0 spiro atoms. The predicted molar refractivity (Wildman–Crippen MR) is 55.6 cm³/mol. The Morgan fingerprint density at radius 3 is 2.92 bits per heavy atom. The summed E-state index contributed by atoms with van der Waals surface area (Å²) in [4.78, 5) is 4.19. The third kappa shape index (κ3) is 2.07. The molecular weight excluding hydrogens is 252 g/mol. The first-order valence-electron chi connectivity index (χ1n) is 3.62. The number of nitrogen functional groups attached to an aromatic ring is 1. The Bertz CT molecular complexity index is 370. The second kappa shape index (κ2) is 3.47. The topological polar surface area (TPSA) is 56.7 Å². The van der Waals surface area contributed by atoms with Gasteiger partial charge in [0.2, 0.25) is 0 Å². The lowest BCUT2D eigenvalue weighted by molar-refractivity contribution is 0.683. The number of nitrogens with two attached hydrogens (primary N) is 1. The number of hydrogen-bond acceptors (Lipinski definition) is 4. The van der Waals surface area contributed by atoms with Gasteiger partial charge in [-0.3, -0.25) is 4.68 Å². The van der Waals surface area contributed by atoms with Gasteiger partial charge in [-0.25, -0.2) is 4.98 Å². The van der Waals surface area contributed by atoms with Crippen molar-refractivity contribution >= 4 is 33.0 Å². The smallest absolute Gasteiger partial charge is 0.115 e. The van der Waals surface area contributed by atoms with Crippen LogP contribution in [0.5, 0.6) is 0 Å². The molecule has 0 aliphatic rings. The van der Waals surface area contributed by atoms with E-state index in [-0.39, 0.29) is 0 Å². The molecule has 0 atom stereocenters. The van der Waals surface area contributed by atoms with E-state index in [0.717, 1.165) is 8.79 Å². The minimum atomic E-state index is 0.674. The lowest BCUT2D eigenvalue weighted by Crippen LogP contribution is -1.98. The van der Waals surface area contributed by atoms with E-state index < -0.39 is 0 Å². The maximum Gasteiger partial charge on any atom is 0.115 e. The quantitative estimate of drug-likeness (QED) is 0.893. The zero-order valence-corrected chi connectivity index (χ0v) is 9.05. The summed E-state index contributed by atoms with van der Waals surface area (Å²) >= 11 is 4.95. The van der Waals surface area contributed by atoms with Crippen molar-refractivity contribution in [2.24, 2.45) is 0 Å². The standard InChI is InChI=1S/C7H7BrN4S/c8-6-2-10-7(13-6)4-12-3-5(9)1-11-12/h1-3H,4,9H2. The highest BCUT2D eigenvalue weighted by atomic mass is 79.9. The number of halogens is 1. The zero-order valence-electron chi connectivity index (χ0n) is 6.64. The van der Waals surface area contributed by atoms with Gasteiger partial charge in [-0.05, 0) is 15.9 Å². The fourth-order valence-corrected chi connectivity index (χ4v) is 2.26. The van der Waals surface area contributed by atoms with E-state index in [1.54, 1.807) is 34.6 Å². The lowest BCUT2D eigenvalue weighted by atomic mass is 10.6. The first-order chi connectivity index (χ1) is 6.24. The Morgan fingerprint density at radius 1 is 1.54 bits per heavy atom. The average molecular weight is 259 g/mol. The van der Waals surface area contributed by atoms with Crippen molar-refractivity contribution in [1.82, 2.24) is 14.8 Å². The molecule has 13 heavy (non-hydrogen) atoms. The molecule has 2 rings (SSSR count). The van der Waals surface area contributed by atoms with Crippen molar-refractivity contribution in [2.75, 3.05) is 5.73 Å². The molecule has 0 fully saturated rings.